The summed E-state index contributed by atoms with van der Waals surface area (Å²) in [5.74, 6) is 0.309. The largest absolute Gasteiger partial charge is 0.401 e. The van der Waals surface area contributed by atoms with Gasteiger partial charge in [-0.2, -0.15) is 13.2 Å². The van der Waals surface area contributed by atoms with E-state index < -0.39 is 12.7 Å². The van der Waals surface area contributed by atoms with Crippen LogP contribution in [-0.4, -0.2) is 37.3 Å². The van der Waals surface area contributed by atoms with Crippen LogP contribution < -0.4 is 5.32 Å². The lowest BCUT2D eigenvalue weighted by molar-refractivity contribution is -0.143. The van der Waals surface area contributed by atoms with Crippen LogP contribution in [0.1, 0.15) is 24.3 Å². The summed E-state index contributed by atoms with van der Waals surface area (Å²) < 4.78 is 38.0. The Bertz CT molecular complexity index is 435. The van der Waals surface area contributed by atoms with Gasteiger partial charge in [-0.1, -0.05) is 0 Å². The van der Waals surface area contributed by atoms with E-state index >= 15 is 0 Å². The van der Waals surface area contributed by atoms with Gasteiger partial charge in [-0.15, -0.1) is 11.3 Å². The zero-order chi connectivity index (χ0) is 14.8. The summed E-state index contributed by atoms with van der Waals surface area (Å²) in [4.78, 5) is 2.74. The van der Waals surface area contributed by atoms with Crippen LogP contribution in [0, 0.1) is 5.92 Å². The molecule has 2 rings (SSSR count). The quantitative estimate of drug-likeness (QED) is 0.840. The predicted molar refractivity (Wildman–Crippen MR) is 79.0 cm³/mol. The van der Waals surface area contributed by atoms with Crippen molar-refractivity contribution < 1.29 is 13.2 Å². The zero-order valence-electron chi connectivity index (χ0n) is 11.2. The Hall–Kier alpha value is -0.110. The van der Waals surface area contributed by atoms with Crippen molar-refractivity contribution >= 4 is 27.3 Å². The lowest BCUT2D eigenvalue weighted by Crippen LogP contribution is -2.34. The van der Waals surface area contributed by atoms with Crippen molar-refractivity contribution in [2.24, 2.45) is 5.92 Å². The average Bonchev–Trinajstić information content (AvgIpc) is 2.93. The fourth-order valence-corrected chi connectivity index (χ4v) is 3.93. The number of rotatable bonds is 5. The SMILES string of the molecule is CC(NCC1CCN(CC(F)(F)F)C1)c1ccc(Br)s1. The van der Waals surface area contributed by atoms with Crippen molar-refractivity contribution in [1.82, 2.24) is 10.2 Å². The van der Waals surface area contributed by atoms with E-state index in [1.165, 1.54) is 9.78 Å². The van der Waals surface area contributed by atoms with Crippen molar-refractivity contribution in [2.75, 3.05) is 26.2 Å². The van der Waals surface area contributed by atoms with Crippen LogP contribution in [0.25, 0.3) is 0 Å². The first kappa shape index (κ1) is 16.3. The van der Waals surface area contributed by atoms with Crippen LogP contribution in [0.15, 0.2) is 15.9 Å². The fraction of sp³-hybridized carbons (Fsp3) is 0.692. The molecule has 2 nitrogen and oxygen atoms in total. The van der Waals surface area contributed by atoms with Gasteiger partial charge in [-0.25, -0.2) is 0 Å². The van der Waals surface area contributed by atoms with Crippen LogP contribution in [0.3, 0.4) is 0 Å². The molecule has 0 amide bonds. The molecule has 1 aliphatic heterocycles. The Labute approximate surface area is 129 Å². The van der Waals surface area contributed by atoms with E-state index in [1.54, 1.807) is 11.3 Å². The van der Waals surface area contributed by atoms with E-state index in [2.05, 4.69) is 34.2 Å². The van der Waals surface area contributed by atoms with E-state index in [0.29, 0.717) is 19.0 Å². The second-order valence-electron chi connectivity index (χ2n) is 5.28. The van der Waals surface area contributed by atoms with Gasteiger partial charge in [0.2, 0.25) is 0 Å². The van der Waals surface area contributed by atoms with Crippen LogP contribution >= 0.6 is 27.3 Å². The highest BCUT2D eigenvalue weighted by molar-refractivity contribution is 9.11. The van der Waals surface area contributed by atoms with Crippen LogP contribution in [0.5, 0.6) is 0 Å². The molecule has 2 heterocycles. The summed E-state index contributed by atoms with van der Waals surface area (Å²) in [5.41, 5.74) is 0. The van der Waals surface area contributed by atoms with Gasteiger partial charge in [-0.05, 0) is 60.4 Å². The van der Waals surface area contributed by atoms with Gasteiger partial charge < -0.3 is 5.32 Å². The molecule has 1 aliphatic rings. The van der Waals surface area contributed by atoms with E-state index in [1.807, 2.05) is 6.07 Å². The summed E-state index contributed by atoms with van der Waals surface area (Å²) in [6, 6.07) is 4.32. The number of halogens is 4. The van der Waals surface area contributed by atoms with Gasteiger partial charge in [0.05, 0.1) is 10.3 Å². The maximum Gasteiger partial charge on any atom is 0.401 e. The number of thiophene rings is 1. The molecule has 0 saturated carbocycles. The molecular formula is C13H18BrF3N2S. The molecule has 20 heavy (non-hydrogen) atoms. The monoisotopic (exact) mass is 370 g/mol. The Morgan fingerprint density at radius 3 is 2.85 bits per heavy atom. The van der Waals surface area contributed by atoms with Gasteiger partial charge in [0.25, 0.3) is 0 Å². The molecule has 0 aliphatic carbocycles. The maximum absolute atomic E-state index is 12.3. The van der Waals surface area contributed by atoms with Gasteiger partial charge in [0.15, 0.2) is 0 Å². The predicted octanol–water partition coefficient (Wildman–Crippen LogP) is 4.05. The third-order valence-electron chi connectivity index (χ3n) is 3.51. The molecular weight excluding hydrogens is 353 g/mol. The van der Waals surface area contributed by atoms with E-state index in [9.17, 15) is 13.2 Å². The van der Waals surface area contributed by atoms with Gasteiger partial charge >= 0.3 is 6.18 Å². The first-order valence-electron chi connectivity index (χ1n) is 6.61. The van der Waals surface area contributed by atoms with E-state index in [0.717, 1.165) is 16.8 Å². The molecule has 0 aromatic carbocycles. The molecule has 114 valence electrons. The minimum Gasteiger partial charge on any atom is -0.309 e. The minimum atomic E-state index is -4.08. The molecule has 1 aromatic heterocycles. The molecule has 0 spiro atoms. The molecule has 1 saturated heterocycles. The van der Waals surface area contributed by atoms with Gasteiger partial charge in [0, 0.05) is 17.5 Å². The zero-order valence-corrected chi connectivity index (χ0v) is 13.6. The second kappa shape index (κ2) is 6.77. The Morgan fingerprint density at radius 2 is 2.25 bits per heavy atom. The normalized spacial score (nSPS) is 22.4. The minimum absolute atomic E-state index is 0.239. The van der Waals surface area contributed by atoms with Gasteiger partial charge in [-0.3, -0.25) is 4.90 Å². The Kier molecular flexibility index (Phi) is 5.50. The topological polar surface area (TPSA) is 15.3 Å². The third-order valence-corrected chi connectivity index (χ3v) is 5.31. The number of likely N-dealkylation sites (tertiary alicyclic amines) is 1. The number of hydrogen-bond acceptors (Lipinski definition) is 3. The highest BCUT2D eigenvalue weighted by atomic mass is 79.9. The van der Waals surface area contributed by atoms with Crippen LogP contribution in [-0.2, 0) is 0 Å². The summed E-state index contributed by atoms with van der Waals surface area (Å²) in [5, 5.41) is 3.42. The van der Waals surface area contributed by atoms with Crippen molar-refractivity contribution in [2.45, 2.75) is 25.6 Å². The van der Waals surface area contributed by atoms with Crippen molar-refractivity contribution in [3.8, 4) is 0 Å². The number of hydrogen-bond donors (Lipinski definition) is 1. The lowest BCUT2D eigenvalue weighted by Gasteiger charge is -2.19. The second-order valence-corrected chi connectivity index (χ2v) is 7.77. The summed E-state index contributed by atoms with van der Waals surface area (Å²) in [6.45, 7) is 3.15. The van der Waals surface area contributed by atoms with Crippen molar-refractivity contribution in [1.29, 1.82) is 0 Å². The first-order chi connectivity index (χ1) is 9.33. The standard InChI is InChI=1S/C13H18BrF3N2S/c1-9(11-2-3-12(14)20-11)18-6-10-4-5-19(7-10)8-13(15,16)17/h2-3,9-10,18H,4-8H2,1H3. The molecule has 1 aromatic rings. The fourth-order valence-electron chi connectivity index (χ4n) is 2.48. The molecule has 1 N–H and O–H groups in total. The van der Waals surface area contributed by atoms with E-state index in [4.69, 9.17) is 0 Å². The smallest absolute Gasteiger partial charge is 0.309 e. The third kappa shape index (κ3) is 5.02. The van der Waals surface area contributed by atoms with Gasteiger partial charge in [0.1, 0.15) is 0 Å². The highest BCUT2D eigenvalue weighted by Gasteiger charge is 2.34. The Morgan fingerprint density at radius 1 is 1.50 bits per heavy atom. The number of nitrogens with zero attached hydrogens (tertiary/aromatic N) is 1. The summed E-state index contributed by atoms with van der Waals surface area (Å²) in [6.07, 6.45) is -3.25. The number of alkyl halides is 3. The molecule has 1 fully saturated rings. The summed E-state index contributed by atoms with van der Waals surface area (Å²) in [7, 11) is 0. The molecule has 2 atom stereocenters. The first-order valence-corrected chi connectivity index (χ1v) is 8.22. The Balaban J connectivity index is 1.73. The molecule has 2 unspecified atom stereocenters. The average molecular weight is 371 g/mol. The molecule has 0 radical (unpaired) electrons. The van der Waals surface area contributed by atoms with Crippen LogP contribution in [0.4, 0.5) is 13.2 Å². The maximum atomic E-state index is 12.3. The number of nitrogens with one attached hydrogen (secondary N) is 1. The summed E-state index contributed by atoms with van der Waals surface area (Å²) >= 11 is 5.11. The van der Waals surface area contributed by atoms with Crippen molar-refractivity contribution in [3.05, 3.63) is 20.8 Å². The highest BCUT2D eigenvalue weighted by Crippen LogP contribution is 2.28. The molecule has 0 bridgehead atoms. The van der Waals surface area contributed by atoms with Crippen molar-refractivity contribution in [3.63, 3.8) is 0 Å². The van der Waals surface area contributed by atoms with Crippen LogP contribution in [0.2, 0.25) is 0 Å². The molecule has 7 heteroatoms. The lowest BCUT2D eigenvalue weighted by atomic mass is 10.1. The van der Waals surface area contributed by atoms with E-state index in [-0.39, 0.29) is 6.04 Å².